The van der Waals surface area contributed by atoms with Crippen molar-refractivity contribution in [1.29, 1.82) is 0 Å². The standard InChI is InChI=1S/C16H26BrN3/c1-4-18-11-13-7-8-14(17)10-16(13)20-9-5-6-15(20)12-19(2)3/h7-8,10,15,18H,4-6,9,11-12H2,1-3H3. The van der Waals surface area contributed by atoms with Crippen molar-refractivity contribution in [3.8, 4) is 0 Å². The first-order valence-corrected chi connectivity index (χ1v) is 8.31. The van der Waals surface area contributed by atoms with Crippen LogP contribution in [0.15, 0.2) is 22.7 Å². The lowest BCUT2D eigenvalue weighted by Crippen LogP contribution is -2.38. The van der Waals surface area contributed by atoms with E-state index in [9.17, 15) is 0 Å². The average molecular weight is 340 g/mol. The van der Waals surface area contributed by atoms with E-state index in [4.69, 9.17) is 0 Å². The summed E-state index contributed by atoms with van der Waals surface area (Å²) < 4.78 is 1.17. The maximum absolute atomic E-state index is 3.62. The minimum absolute atomic E-state index is 0.639. The number of halogens is 1. The molecule has 1 heterocycles. The van der Waals surface area contributed by atoms with E-state index < -0.39 is 0 Å². The molecule has 0 amide bonds. The van der Waals surface area contributed by atoms with Gasteiger partial charge in [0.05, 0.1) is 0 Å². The van der Waals surface area contributed by atoms with E-state index in [1.165, 1.54) is 35.1 Å². The topological polar surface area (TPSA) is 18.5 Å². The van der Waals surface area contributed by atoms with E-state index in [1.54, 1.807) is 0 Å². The predicted octanol–water partition coefficient (Wildman–Crippen LogP) is 3.09. The Hall–Kier alpha value is -0.580. The van der Waals surface area contributed by atoms with E-state index in [0.717, 1.165) is 19.6 Å². The van der Waals surface area contributed by atoms with Gasteiger partial charge in [-0.1, -0.05) is 28.9 Å². The van der Waals surface area contributed by atoms with Crippen LogP contribution in [0.2, 0.25) is 0 Å². The molecular formula is C16H26BrN3. The molecule has 0 spiro atoms. The Balaban J connectivity index is 2.22. The summed E-state index contributed by atoms with van der Waals surface area (Å²) in [6, 6.07) is 7.31. The van der Waals surface area contributed by atoms with Crippen molar-refractivity contribution >= 4 is 21.6 Å². The molecule has 0 radical (unpaired) electrons. The monoisotopic (exact) mass is 339 g/mol. The van der Waals surface area contributed by atoms with Gasteiger partial charge >= 0.3 is 0 Å². The van der Waals surface area contributed by atoms with Crippen LogP contribution in [0.1, 0.15) is 25.3 Å². The highest BCUT2D eigenvalue weighted by Crippen LogP contribution is 2.31. The lowest BCUT2D eigenvalue weighted by molar-refractivity contribution is 0.372. The van der Waals surface area contributed by atoms with E-state index in [-0.39, 0.29) is 0 Å². The van der Waals surface area contributed by atoms with Gasteiger partial charge in [0.15, 0.2) is 0 Å². The van der Waals surface area contributed by atoms with Crippen LogP contribution >= 0.6 is 15.9 Å². The van der Waals surface area contributed by atoms with Gasteiger partial charge in [-0.2, -0.15) is 0 Å². The zero-order chi connectivity index (χ0) is 14.5. The lowest BCUT2D eigenvalue weighted by Gasteiger charge is -2.31. The molecule has 3 nitrogen and oxygen atoms in total. The first-order chi connectivity index (χ1) is 9.61. The van der Waals surface area contributed by atoms with Crippen LogP contribution in [0.25, 0.3) is 0 Å². The van der Waals surface area contributed by atoms with Crippen molar-refractivity contribution in [2.75, 3.05) is 38.6 Å². The van der Waals surface area contributed by atoms with Crippen LogP contribution in [0.4, 0.5) is 5.69 Å². The van der Waals surface area contributed by atoms with Crippen LogP contribution in [0, 0.1) is 0 Å². The van der Waals surface area contributed by atoms with E-state index >= 15 is 0 Å². The zero-order valence-corrected chi connectivity index (χ0v) is 14.4. The Morgan fingerprint density at radius 1 is 1.40 bits per heavy atom. The second-order valence-corrected chi connectivity index (χ2v) is 6.72. The predicted molar refractivity (Wildman–Crippen MR) is 90.4 cm³/mol. The summed E-state index contributed by atoms with van der Waals surface area (Å²) in [6.45, 7) is 6.42. The molecule has 1 N–H and O–H groups in total. The Morgan fingerprint density at radius 2 is 2.20 bits per heavy atom. The highest BCUT2D eigenvalue weighted by molar-refractivity contribution is 9.10. The summed E-state index contributed by atoms with van der Waals surface area (Å²) in [7, 11) is 4.33. The van der Waals surface area contributed by atoms with Gasteiger partial charge in [0.2, 0.25) is 0 Å². The smallest absolute Gasteiger partial charge is 0.0426 e. The van der Waals surface area contributed by atoms with Crippen molar-refractivity contribution in [2.45, 2.75) is 32.4 Å². The first-order valence-electron chi connectivity index (χ1n) is 7.52. The normalized spacial score (nSPS) is 19.1. The number of anilines is 1. The third-order valence-corrected chi connectivity index (χ3v) is 4.37. The van der Waals surface area contributed by atoms with Crippen molar-refractivity contribution < 1.29 is 0 Å². The number of nitrogens with one attached hydrogen (secondary N) is 1. The fourth-order valence-electron chi connectivity index (χ4n) is 2.98. The maximum Gasteiger partial charge on any atom is 0.0426 e. The molecule has 0 saturated carbocycles. The molecule has 1 aromatic rings. The summed E-state index contributed by atoms with van der Waals surface area (Å²) in [6.07, 6.45) is 2.59. The van der Waals surface area contributed by atoms with Gasteiger partial charge in [0.1, 0.15) is 0 Å². The molecular weight excluding hydrogens is 314 g/mol. The molecule has 1 aliphatic heterocycles. The number of hydrogen-bond donors (Lipinski definition) is 1. The molecule has 1 aromatic carbocycles. The van der Waals surface area contributed by atoms with Crippen molar-refractivity contribution in [3.05, 3.63) is 28.2 Å². The minimum Gasteiger partial charge on any atom is -0.367 e. The molecule has 112 valence electrons. The highest BCUT2D eigenvalue weighted by atomic mass is 79.9. The number of hydrogen-bond acceptors (Lipinski definition) is 3. The van der Waals surface area contributed by atoms with E-state index in [0.29, 0.717) is 6.04 Å². The van der Waals surface area contributed by atoms with Gasteiger partial charge in [-0.25, -0.2) is 0 Å². The summed E-state index contributed by atoms with van der Waals surface area (Å²) in [5, 5.41) is 3.45. The molecule has 1 saturated heterocycles. The van der Waals surface area contributed by atoms with Gasteiger partial charge in [0.25, 0.3) is 0 Å². The van der Waals surface area contributed by atoms with Gasteiger partial charge in [-0.3, -0.25) is 0 Å². The molecule has 0 bridgehead atoms. The number of nitrogens with zero attached hydrogens (tertiary/aromatic N) is 2. The lowest BCUT2D eigenvalue weighted by atomic mass is 10.1. The Kier molecular flexibility index (Phi) is 5.87. The zero-order valence-electron chi connectivity index (χ0n) is 12.8. The first kappa shape index (κ1) is 15.8. The number of rotatable bonds is 6. The summed E-state index contributed by atoms with van der Waals surface area (Å²) in [5.74, 6) is 0. The van der Waals surface area contributed by atoms with Crippen molar-refractivity contribution in [3.63, 3.8) is 0 Å². The molecule has 1 unspecified atom stereocenters. The van der Waals surface area contributed by atoms with Crippen LogP contribution < -0.4 is 10.2 Å². The third kappa shape index (κ3) is 3.96. The van der Waals surface area contributed by atoms with Crippen LogP contribution in [-0.2, 0) is 6.54 Å². The highest BCUT2D eigenvalue weighted by Gasteiger charge is 2.26. The van der Waals surface area contributed by atoms with Gasteiger partial charge in [0, 0.05) is 35.8 Å². The largest absolute Gasteiger partial charge is 0.367 e. The Bertz CT molecular complexity index is 434. The van der Waals surface area contributed by atoms with Crippen LogP contribution in [0.5, 0.6) is 0 Å². The number of likely N-dealkylation sites (N-methyl/N-ethyl adjacent to an activating group) is 1. The van der Waals surface area contributed by atoms with Gasteiger partial charge < -0.3 is 15.1 Å². The Morgan fingerprint density at radius 3 is 2.90 bits per heavy atom. The van der Waals surface area contributed by atoms with E-state index in [2.05, 4.69) is 70.3 Å². The SMILES string of the molecule is CCNCc1ccc(Br)cc1N1CCCC1CN(C)C. The molecule has 0 aromatic heterocycles. The molecule has 1 aliphatic rings. The van der Waals surface area contributed by atoms with E-state index in [1.807, 2.05) is 0 Å². The maximum atomic E-state index is 3.62. The summed E-state index contributed by atoms with van der Waals surface area (Å²) >= 11 is 3.62. The molecule has 20 heavy (non-hydrogen) atoms. The third-order valence-electron chi connectivity index (χ3n) is 3.88. The molecule has 0 aliphatic carbocycles. The fourth-order valence-corrected chi connectivity index (χ4v) is 3.33. The van der Waals surface area contributed by atoms with Gasteiger partial charge in [-0.15, -0.1) is 0 Å². The van der Waals surface area contributed by atoms with Crippen LogP contribution in [0.3, 0.4) is 0 Å². The minimum atomic E-state index is 0.639. The van der Waals surface area contributed by atoms with Crippen LogP contribution in [-0.4, -0.2) is 44.7 Å². The number of benzene rings is 1. The quantitative estimate of drug-likeness (QED) is 0.859. The average Bonchev–Trinajstić information content (AvgIpc) is 2.84. The molecule has 1 atom stereocenters. The second kappa shape index (κ2) is 7.43. The fraction of sp³-hybridized carbons (Fsp3) is 0.625. The molecule has 2 rings (SSSR count). The Labute approximate surface area is 131 Å². The summed E-state index contributed by atoms with van der Waals surface area (Å²) in [4.78, 5) is 4.89. The second-order valence-electron chi connectivity index (χ2n) is 5.81. The molecule has 1 fully saturated rings. The van der Waals surface area contributed by atoms with Crippen molar-refractivity contribution in [1.82, 2.24) is 10.2 Å². The molecule has 4 heteroatoms. The van der Waals surface area contributed by atoms with Crippen molar-refractivity contribution in [2.24, 2.45) is 0 Å². The van der Waals surface area contributed by atoms with Gasteiger partial charge in [-0.05, 0) is 51.2 Å². The summed E-state index contributed by atoms with van der Waals surface area (Å²) in [5.41, 5.74) is 2.80.